The Morgan fingerprint density at radius 1 is 1.28 bits per heavy atom. The number of aryl methyl sites for hydroxylation is 1. The van der Waals surface area contributed by atoms with Gasteiger partial charge >= 0.3 is 0 Å². The molecular formula is C23H28N6. The predicted octanol–water partition coefficient (Wildman–Crippen LogP) is 1.58. The minimum Gasteiger partial charge on any atom is -0.369 e. The van der Waals surface area contributed by atoms with Gasteiger partial charge in [-0.15, -0.1) is 5.10 Å². The second kappa shape index (κ2) is 9.35. The molecule has 0 aliphatic carbocycles. The number of benzene rings is 1. The van der Waals surface area contributed by atoms with E-state index in [0.29, 0.717) is 12.1 Å². The number of allylic oxidation sites excluding steroid dienone is 1. The minimum atomic E-state index is 0.573. The fourth-order valence-corrected chi connectivity index (χ4v) is 3.58. The molecule has 1 aromatic carbocycles. The van der Waals surface area contributed by atoms with Gasteiger partial charge in [0.15, 0.2) is 5.82 Å². The summed E-state index contributed by atoms with van der Waals surface area (Å²) >= 11 is 0. The molecule has 2 aromatic rings. The molecule has 1 aromatic heterocycles. The fourth-order valence-electron chi connectivity index (χ4n) is 3.58. The molecule has 0 atom stereocenters. The zero-order chi connectivity index (χ0) is 20.8. The van der Waals surface area contributed by atoms with E-state index >= 15 is 0 Å². The van der Waals surface area contributed by atoms with Crippen LogP contribution in [-0.4, -0.2) is 41.3 Å². The number of nitriles is 1. The predicted molar refractivity (Wildman–Crippen MR) is 117 cm³/mol. The summed E-state index contributed by atoms with van der Waals surface area (Å²) in [7, 11) is 0. The SMILES string of the molecule is C=C(/C=c1/c(NCc2cccc(C#N)c2C)nnc(C)/c1=C/C)N1CCNCC1. The second-order valence-corrected chi connectivity index (χ2v) is 7.18. The van der Waals surface area contributed by atoms with Gasteiger partial charge in [-0.2, -0.15) is 10.4 Å². The Hall–Kier alpha value is -3.17. The first kappa shape index (κ1) is 20.6. The van der Waals surface area contributed by atoms with Gasteiger partial charge < -0.3 is 15.5 Å². The Balaban J connectivity index is 1.96. The Morgan fingerprint density at radius 3 is 2.72 bits per heavy atom. The molecule has 1 fully saturated rings. The molecule has 0 saturated carbocycles. The van der Waals surface area contributed by atoms with Gasteiger partial charge in [-0.25, -0.2) is 0 Å². The second-order valence-electron chi connectivity index (χ2n) is 7.18. The van der Waals surface area contributed by atoms with E-state index in [1.807, 2.05) is 39.0 Å². The smallest absolute Gasteiger partial charge is 0.156 e. The van der Waals surface area contributed by atoms with Crippen LogP contribution in [0.5, 0.6) is 0 Å². The molecule has 6 nitrogen and oxygen atoms in total. The van der Waals surface area contributed by atoms with Crippen LogP contribution in [0.4, 0.5) is 5.82 Å². The number of nitrogens with zero attached hydrogens (tertiary/aromatic N) is 4. The topological polar surface area (TPSA) is 76.9 Å². The van der Waals surface area contributed by atoms with Crippen LogP contribution in [0.3, 0.4) is 0 Å². The third kappa shape index (κ3) is 4.64. The van der Waals surface area contributed by atoms with E-state index in [2.05, 4.69) is 50.5 Å². The monoisotopic (exact) mass is 388 g/mol. The summed E-state index contributed by atoms with van der Waals surface area (Å²) in [6.07, 6.45) is 4.16. The molecule has 6 heteroatoms. The van der Waals surface area contributed by atoms with Crippen LogP contribution in [-0.2, 0) is 6.54 Å². The van der Waals surface area contributed by atoms with Crippen molar-refractivity contribution in [3.63, 3.8) is 0 Å². The molecule has 1 saturated heterocycles. The molecule has 0 bridgehead atoms. The standard InChI is InChI=1S/C23H28N6/c1-5-21-18(4)27-28-23(22(21)13-16(2)29-11-9-25-10-12-29)26-15-20-8-6-7-19(14-24)17(20)3/h5-8,13,25H,2,9-12,15H2,1,3-4H3,(H,26,28)/b21-5-,22-13+. The Kier molecular flexibility index (Phi) is 6.63. The highest BCUT2D eigenvalue weighted by molar-refractivity contribution is 5.54. The Morgan fingerprint density at radius 2 is 2.03 bits per heavy atom. The lowest BCUT2D eigenvalue weighted by molar-refractivity contribution is 0.312. The average molecular weight is 389 g/mol. The summed E-state index contributed by atoms with van der Waals surface area (Å²) in [6.45, 7) is 14.6. The lowest BCUT2D eigenvalue weighted by Gasteiger charge is -2.29. The molecule has 0 unspecified atom stereocenters. The zero-order valence-electron chi connectivity index (χ0n) is 17.4. The molecule has 1 aliphatic heterocycles. The molecule has 1 aliphatic rings. The van der Waals surface area contributed by atoms with Crippen molar-refractivity contribution in [2.45, 2.75) is 27.3 Å². The van der Waals surface area contributed by atoms with Crippen LogP contribution in [0, 0.1) is 25.2 Å². The van der Waals surface area contributed by atoms with E-state index < -0.39 is 0 Å². The van der Waals surface area contributed by atoms with Crippen molar-refractivity contribution in [3.8, 4) is 6.07 Å². The van der Waals surface area contributed by atoms with Crippen LogP contribution < -0.4 is 21.1 Å². The molecule has 0 radical (unpaired) electrons. The first-order valence-corrected chi connectivity index (χ1v) is 9.93. The first-order chi connectivity index (χ1) is 14.0. The van der Waals surface area contributed by atoms with Gasteiger partial charge in [0.2, 0.25) is 0 Å². The van der Waals surface area contributed by atoms with E-state index in [0.717, 1.165) is 65.0 Å². The van der Waals surface area contributed by atoms with Crippen LogP contribution in [0.2, 0.25) is 0 Å². The largest absolute Gasteiger partial charge is 0.369 e. The molecule has 0 amide bonds. The highest BCUT2D eigenvalue weighted by Gasteiger charge is 2.11. The number of rotatable bonds is 5. The van der Waals surface area contributed by atoms with E-state index in [1.165, 1.54) is 0 Å². The number of nitrogens with one attached hydrogen (secondary N) is 2. The summed E-state index contributed by atoms with van der Waals surface area (Å²) in [5.74, 6) is 0.724. The zero-order valence-corrected chi connectivity index (χ0v) is 17.4. The van der Waals surface area contributed by atoms with Crippen molar-refractivity contribution in [3.05, 3.63) is 63.3 Å². The van der Waals surface area contributed by atoms with Crippen molar-refractivity contribution in [2.24, 2.45) is 0 Å². The maximum atomic E-state index is 9.27. The molecule has 2 N–H and O–H groups in total. The van der Waals surface area contributed by atoms with E-state index in [4.69, 9.17) is 0 Å². The number of hydrogen-bond donors (Lipinski definition) is 2. The summed E-state index contributed by atoms with van der Waals surface area (Å²) in [5.41, 5.74) is 4.62. The summed E-state index contributed by atoms with van der Waals surface area (Å²) in [5, 5.41) is 26.9. The normalized spacial score (nSPS) is 15.3. The summed E-state index contributed by atoms with van der Waals surface area (Å²) in [4.78, 5) is 2.29. The molecule has 150 valence electrons. The van der Waals surface area contributed by atoms with Gasteiger partial charge in [0.25, 0.3) is 0 Å². The van der Waals surface area contributed by atoms with Crippen molar-refractivity contribution in [2.75, 3.05) is 31.5 Å². The van der Waals surface area contributed by atoms with E-state index in [-0.39, 0.29) is 0 Å². The number of piperazine rings is 1. The summed E-state index contributed by atoms with van der Waals surface area (Å²) in [6, 6.07) is 8.02. The maximum Gasteiger partial charge on any atom is 0.156 e. The molecule has 2 heterocycles. The number of hydrogen-bond acceptors (Lipinski definition) is 6. The third-order valence-electron chi connectivity index (χ3n) is 5.37. The van der Waals surface area contributed by atoms with Crippen LogP contribution >= 0.6 is 0 Å². The molecular weight excluding hydrogens is 360 g/mol. The molecule has 29 heavy (non-hydrogen) atoms. The minimum absolute atomic E-state index is 0.573. The van der Waals surface area contributed by atoms with E-state index in [1.54, 1.807) is 0 Å². The number of aromatic nitrogens is 2. The third-order valence-corrected chi connectivity index (χ3v) is 5.37. The maximum absolute atomic E-state index is 9.27. The summed E-state index contributed by atoms with van der Waals surface area (Å²) < 4.78 is 0. The van der Waals surface area contributed by atoms with Crippen molar-refractivity contribution < 1.29 is 0 Å². The highest BCUT2D eigenvalue weighted by Crippen LogP contribution is 2.14. The van der Waals surface area contributed by atoms with Crippen LogP contribution in [0.15, 0.2) is 30.5 Å². The Labute approximate surface area is 172 Å². The van der Waals surface area contributed by atoms with Gasteiger partial charge in [0.1, 0.15) is 0 Å². The highest BCUT2D eigenvalue weighted by atomic mass is 15.2. The van der Waals surface area contributed by atoms with Crippen LogP contribution in [0.1, 0.15) is 29.3 Å². The lowest BCUT2D eigenvalue weighted by atomic mass is 10.0. The van der Waals surface area contributed by atoms with Gasteiger partial charge in [-0.3, -0.25) is 0 Å². The fraction of sp³-hybridized carbons (Fsp3) is 0.348. The van der Waals surface area contributed by atoms with Gasteiger partial charge in [-0.1, -0.05) is 24.8 Å². The Bertz CT molecular complexity index is 1060. The van der Waals surface area contributed by atoms with Crippen molar-refractivity contribution >= 4 is 18.0 Å². The average Bonchev–Trinajstić information content (AvgIpc) is 2.75. The lowest BCUT2D eigenvalue weighted by Crippen LogP contribution is -2.43. The first-order valence-electron chi connectivity index (χ1n) is 9.93. The molecule has 0 spiro atoms. The van der Waals surface area contributed by atoms with Gasteiger partial charge in [0.05, 0.1) is 17.3 Å². The quantitative estimate of drug-likeness (QED) is 0.810. The van der Waals surface area contributed by atoms with Gasteiger partial charge in [0, 0.05) is 48.9 Å². The number of anilines is 1. The van der Waals surface area contributed by atoms with Crippen molar-refractivity contribution in [1.29, 1.82) is 5.26 Å². The molecule has 3 rings (SSSR count). The van der Waals surface area contributed by atoms with Gasteiger partial charge in [-0.05, 0) is 44.0 Å². The van der Waals surface area contributed by atoms with Crippen molar-refractivity contribution in [1.82, 2.24) is 20.4 Å². The van der Waals surface area contributed by atoms with Crippen LogP contribution in [0.25, 0.3) is 12.2 Å². The van der Waals surface area contributed by atoms with E-state index in [9.17, 15) is 5.26 Å².